The first-order valence-electron chi connectivity index (χ1n) is 10.9. The van der Waals surface area contributed by atoms with Crippen molar-refractivity contribution in [2.24, 2.45) is 0 Å². The Morgan fingerprint density at radius 2 is 2.00 bits per heavy atom. The molecule has 0 fully saturated rings. The van der Waals surface area contributed by atoms with Gasteiger partial charge in [-0.15, -0.1) is 0 Å². The van der Waals surface area contributed by atoms with Gasteiger partial charge in [-0.3, -0.25) is 9.59 Å². The molecule has 1 atom stereocenters. The van der Waals surface area contributed by atoms with Crippen LogP contribution in [0.5, 0.6) is 0 Å². The summed E-state index contributed by atoms with van der Waals surface area (Å²) < 4.78 is 0. The normalized spacial score (nSPS) is 11.6. The quantitative estimate of drug-likeness (QED) is 0.256. The Morgan fingerprint density at radius 1 is 1.25 bits per heavy atom. The highest BCUT2D eigenvalue weighted by Crippen LogP contribution is 2.12. The predicted octanol–water partition coefficient (Wildman–Crippen LogP) is 1.55. The molecular formula is C23H37N7O2. The smallest absolute Gasteiger partial charge is 0.246 e. The van der Waals surface area contributed by atoms with Crippen LogP contribution in [0.2, 0.25) is 0 Å². The summed E-state index contributed by atoms with van der Waals surface area (Å²) in [5.74, 6) is 7.10. The lowest BCUT2D eigenvalue weighted by Crippen LogP contribution is -2.45. The molecule has 9 nitrogen and oxygen atoms in total. The number of nitrogens with one attached hydrogen (secondary N) is 3. The molecule has 9 heteroatoms. The van der Waals surface area contributed by atoms with E-state index in [2.05, 4.69) is 44.7 Å². The van der Waals surface area contributed by atoms with Crippen LogP contribution in [0.3, 0.4) is 0 Å². The molecule has 176 valence electrons. The molecule has 1 rings (SSSR count). The average Bonchev–Trinajstić information content (AvgIpc) is 2.78. The SMILES string of the molecule is CCCNc1nc(NC)ncc1C#CCCCNC(=O)C(C)N(C)C(=O)C=CCN(C)C. The maximum Gasteiger partial charge on any atom is 0.246 e. The summed E-state index contributed by atoms with van der Waals surface area (Å²) in [5.41, 5.74) is 0.748. The van der Waals surface area contributed by atoms with Crippen molar-refractivity contribution in [3.63, 3.8) is 0 Å². The molecule has 1 aromatic heterocycles. The third kappa shape index (κ3) is 9.79. The second-order valence-corrected chi connectivity index (χ2v) is 7.62. The van der Waals surface area contributed by atoms with Gasteiger partial charge >= 0.3 is 0 Å². The van der Waals surface area contributed by atoms with Crippen LogP contribution in [0, 0.1) is 11.8 Å². The van der Waals surface area contributed by atoms with Gasteiger partial charge in [0.2, 0.25) is 17.8 Å². The van der Waals surface area contributed by atoms with E-state index in [1.807, 2.05) is 19.0 Å². The summed E-state index contributed by atoms with van der Waals surface area (Å²) >= 11 is 0. The Morgan fingerprint density at radius 3 is 2.66 bits per heavy atom. The minimum Gasteiger partial charge on any atom is -0.369 e. The van der Waals surface area contributed by atoms with Crippen molar-refractivity contribution in [2.45, 2.75) is 39.2 Å². The molecule has 0 saturated carbocycles. The second-order valence-electron chi connectivity index (χ2n) is 7.62. The Kier molecular flexibility index (Phi) is 12.5. The number of carbonyl (C=O) groups excluding carboxylic acids is 2. The lowest BCUT2D eigenvalue weighted by atomic mass is 10.2. The molecule has 1 heterocycles. The first kappa shape index (κ1) is 26.9. The standard InChI is InChI=1S/C23H37N7O2/c1-7-14-25-21-19(17-27-23(24-3)28-21)12-9-8-10-15-26-22(32)18(2)30(6)20(31)13-11-16-29(4)5/h11,13,17-18H,7-8,10,14-16H2,1-6H3,(H,26,32)(H2,24,25,27,28). The number of hydrogen-bond acceptors (Lipinski definition) is 7. The fourth-order valence-corrected chi connectivity index (χ4v) is 2.51. The zero-order valence-corrected chi connectivity index (χ0v) is 20.2. The van der Waals surface area contributed by atoms with Crippen molar-refractivity contribution in [1.29, 1.82) is 0 Å². The Balaban J connectivity index is 2.48. The fraction of sp³-hybridized carbons (Fsp3) is 0.565. The Hall–Kier alpha value is -3.12. The van der Waals surface area contributed by atoms with Crippen LogP contribution in [0.25, 0.3) is 0 Å². The van der Waals surface area contributed by atoms with Gasteiger partial charge in [0.15, 0.2) is 0 Å². The molecule has 0 aromatic carbocycles. The van der Waals surface area contributed by atoms with Gasteiger partial charge in [-0.25, -0.2) is 4.98 Å². The molecule has 0 aliphatic rings. The van der Waals surface area contributed by atoms with Crippen molar-refractivity contribution < 1.29 is 9.59 Å². The monoisotopic (exact) mass is 443 g/mol. The van der Waals surface area contributed by atoms with Crippen molar-refractivity contribution in [1.82, 2.24) is 25.1 Å². The van der Waals surface area contributed by atoms with Crippen LogP contribution < -0.4 is 16.0 Å². The van der Waals surface area contributed by atoms with Crippen LogP contribution in [-0.2, 0) is 9.59 Å². The van der Waals surface area contributed by atoms with Gasteiger partial charge in [0.25, 0.3) is 0 Å². The third-order valence-electron chi connectivity index (χ3n) is 4.59. The highest BCUT2D eigenvalue weighted by molar-refractivity contribution is 5.92. The molecule has 0 spiro atoms. The molecule has 2 amide bonds. The maximum atomic E-state index is 12.3. The van der Waals surface area contributed by atoms with Crippen LogP contribution in [-0.4, -0.2) is 85.4 Å². The lowest BCUT2D eigenvalue weighted by Gasteiger charge is -2.23. The van der Waals surface area contributed by atoms with Crippen LogP contribution in [0.1, 0.15) is 38.7 Å². The molecule has 1 aromatic rings. The van der Waals surface area contributed by atoms with E-state index >= 15 is 0 Å². The number of amides is 2. The zero-order chi connectivity index (χ0) is 23.9. The molecule has 1 unspecified atom stereocenters. The number of anilines is 2. The van der Waals surface area contributed by atoms with E-state index in [1.165, 1.54) is 11.0 Å². The largest absolute Gasteiger partial charge is 0.369 e. The third-order valence-corrected chi connectivity index (χ3v) is 4.59. The van der Waals surface area contributed by atoms with Crippen LogP contribution >= 0.6 is 0 Å². The highest BCUT2D eigenvalue weighted by Gasteiger charge is 2.20. The highest BCUT2D eigenvalue weighted by atomic mass is 16.2. The number of likely N-dealkylation sites (N-methyl/N-ethyl adjacent to an activating group) is 2. The van der Waals surface area contributed by atoms with Gasteiger partial charge in [0.1, 0.15) is 11.9 Å². The maximum absolute atomic E-state index is 12.3. The second kappa shape index (κ2) is 14.8. The summed E-state index contributed by atoms with van der Waals surface area (Å²) in [6.07, 6.45) is 7.29. The minimum absolute atomic E-state index is 0.183. The number of carbonyl (C=O) groups is 2. The number of hydrogen-bond donors (Lipinski definition) is 3. The molecule has 0 bridgehead atoms. The number of unbranched alkanes of at least 4 members (excludes halogenated alkanes) is 1. The van der Waals surface area contributed by atoms with Gasteiger partial charge in [0.05, 0.1) is 11.8 Å². The van der Waals surface area contributed by atoms with Crippen LogP contribution in [0.4, 0.5) is 11.8 Å². The first-order valence-corrected chi connectivity index (χ1v) is 10.9. The molecular weight excluding hydrogens is 406 g/mol. The van der Waals surface area contributed by atoms with Crippen molar-refractivity contribution >= 4 is 23.6 Å². The molecule has 0 radical (unpaired) electrons. The summed E-state index contributed by atoms with van der Waals surface area (Å²) in [6.45, 7) is 5.77. The zero-order valence-electron chi connectivity index (χ0n) is 20.2. The van der Waals surface area contributed by atoms with E-state index in [0.717, 1.165) is 18.5 Å². The Bertz CT molecular complexity index is 827. The fourth-order valence-electron chi connectivity index (χ4n) is 2.51. The van der Waals surface area contributed by atoms with E-state index in [0.29, 0.717) is 37.7 Å². The molecule has 32 heavy (non-hydrogen) atoms. The van der Waals surface area contributed by atoms with Gasteiger partial charge in [-0.1, -0.05) is 24.8 Å². The molecule has 3 N–H and O–H groups in total. The van der Waals surface area contributed by atoms with Gasteiger partial charge in [-0.2, -0.15) is 4.98 Å². The van der Waals surface area contributed by atoms with E-state index in [1.54, 1.807) is 33.3 Å². The minimum atomic E-state index is -0.548. The summed E-state index contributed by atoms with van der Waals surface area (Å²) in [4.78, 5) is 36.5. The van der Waals surface area contributed by atoms with Crippen molar-refractivity contribution in [3.05, 3.63) is 23.9 Å². The molecule has 0 aliphatic heterocycles. The average molecular weight is 444 g/mol. The number of aromatic nitrogens is 2. The van der Waals surface area contributed by atoms with E-state index in [9.17, 15) is 9.59 Å². The summed E-state index contributed by atoms with van der Waals surface area (Å²) in [6, 6.07) is -0.548. The number of nitrogens with zero attached hydrogens (tertiary/aromatic N) is 4. The predicted molar refractivity (Wildman–Crippen MR) is 129 cm³/mol. The van der Waals surface area contributed by atoms with Crippen molar-refractivity contribution in [3.8, 4) is 11.8 Å². The van der Waals surface area contributed by atoms with Gasteiger partial charge < -0.3 is 25.8 Å². The van der Waals surface area contributed by atoms with E-state index < -0.39 is 6.04 Å². The summed E-state index contributed by atoms with van der Waals surface area (Å²) in [7, 11) is 7.25. The Labute approximate surface area is 192 Å². The van der Waals surface area contributed by atoms with Gasteiger partial charge in [-0.05, 0) is 33.9 Å². The number of rotatable bonds is 12. The van der Waals surface area contributed by atoms with E-state index in [-0.39, 0.29) is 11.8 Å². The van der Waals surface area contributed by atoms with Gasteiger partial charge in [0, 0.05) is 46.2 Å². The molecule has 0 aliphatic carbocycles. The summed E-state index contributed by atoms with van der Waals surface area (Å²) in [5, 5.41) is 9.06. The van der Waals surface area contributed by atoms with Crippen LogP contribution in [0.15, 0.2) is 18.3 Å². The topological polar surface area (TPSA) is 102 Å². The van der Waals surface area contributed by atoms with E-state index in [4.69, 9.17) is 0 Å². The molecule has 0 saturated heterocycles. The first-order chi connectivity index (χ1) is 15.3. The van der Waals surface area contributed by atoms with Crippen molar-refractivity contribution in [2.75, 3.05) is 58.5 Å². The lowest BCUT2D eigenvalue weighted by molar-refractivity contribution is -0.135.